The van der Waals surface area contributed by atoms with Crippen molar-refractivity contribution in [3.05, 3.63) is 22.7 Å². The summed E-state index contributed by atoms with van der Waals surface area (Å²) >= 11 is 1.32. The number of alkyl carbamates (subject to hydrolysis) is 1. The van der Waals surface area contributed by atoms with Crippen LogP contribution in [0.25, 0.3) is 0 Å². The Kier molecular flexibility index (Phi) is 9.28. The normalized spacial score (nSPS) is 28.9. The first-order valence-electron chi connectivity index (χ1n) is 15.5. The molecule has 5 N–H and O–H groups in total. The number of carbonyl (C=O) groups excluding carboxylic acids is 4. The van der Waals surface area contributed by atoms with Gasteiger partial charge in [-0.25, -0.2) is 19.4 Å². The monoisotopic (exact) mass is 646 g/mol. The van der Waals surface area contributed by atoms with Gasteiger partial charge in [-0.3, -0.25) is 9.59 Å². The number of nitrogens with zero attached hydrogens (tertiary/aromatic N) is 3. The summed E-state index contributed by atoms with van der Waals surface area (Å²) in [6.45, 7) is 5.73. The number of aliphatic carboxylic acids is 1. The van der Waals surface area contributed by atoms with E-state index in [9.17, 15) is 29.1 Å². The van der Waals surface area contributed by atoms with Crippen LogP contribution in [0.2, 0.25) is 0 Å². The number of ether oxygens (including phenoxy) is 2. The molecular formula is C30H42N6O8S. The van der Waals surface area contributed by atoms with Crippen molar-refractivity contribution in [1.29, 1.82) is 0 Å². The van der Waals surface area contributed by atoms with Crippen molar-refractivity contribution in [2.24, 2.45) is 5.92 Å². The lowest BCUT2D eigenvalue weighted by Gasteiger charge is -2.30. The molecule has 2 fully saturated rings. The van der Waals surface area contributed by atoms with Gasteiger partial charge in [-0.05, 0) is 46.5 Å². The molecule has 3 aliphatic heterocycles. The summed E-state index contributed by atoms with van der Waals surface area (Å²) < 4.78 is 11.2. The molecule has 15 heteroatoms. The van der Waals surface area contributed by atoms with Crippen LogP contribution in [0.5, 0.6) is 0 Å². The molecule has 0 unspecified atom stereocenters. The molecular weight excluding hydrogens is 604 g/mol. The molecule has 4 aliphatic rings. The number of allylic oxidation sites excluding steroid dienone is 1. The molecule has 246 valence electrons. The Bertz CT molecular complexity index is 1370. The van der Waals surface area contributed by atoms with Gasteiger partial charge in [0.05, 0.1) is 18.8 Å². The molecule has 0 radical (unpaired) electrons. The summed E-state index contributed by atoms with van der Waals surface area (Å²) in [4.78, 5) is 74.1. The van der Waals surface area contributed by atoms with Crippen LogP contribution < -0.4 is 16.4 Å². The summed E-state index contributed by atoms with van der Waals surface area (Å²) in [5.74, 6) is -2.68. The zero-order chi connectivity index (χ0) is 32.5. The van der Waals surface area contributed by atoms with Gasteiger partial charge in [0.15, 0.2) is 5.13 Å². The minimum Gasteiger partial charge on any atom is -0.479 e. The highest BCUT2D eigenvalue weighted by Gasteiger charge is 2.61. The second-order valence-electron chi connectivity index (χ2n) is 13.2. The van der Waals surface area contributed by atoms with E-state index in [0.717, 1.165) is 29.8 Å². The number of nitrogen functional groups attached to an aromatic ring is 1. The Morgan fingerprint density at radius 3 is 2.73 bits per heavy atom. The fraction of sp³-hybridized carbons (Fsp3) is 0.667. The van der Waals surface area contributed by atoms with E-state index in [1.54, 1.807) is 20.8 Å². The predicted molar refractivity (Wildman–Crippen MR) is 163 cm³/mol. The zero-order valence-corrected chi connectivity index (χ0v) is 26.7. The van der Waals surface area contributed by atoms with Crippen LogP contribution in [0.4, 0.5) is 14.7 Å². The number of thiazole rings is 1. The molecule has 14 nitrogen and oxygen atoms in total. The Morgan fingerprint density at radius 2 is 2.00 bits per heavy atom. The van der Waals surface area contributed by atoms with E-state index in [2.05, 4.69) is 15.6 Å². The topological polar surface area (TPSA) is 193 Å². The molecule has 0 bridgehead atoms. The third-order valence-electron chi connectivity index (χ3n) is 8.59. The molecule has 45 heavy (non-hydrogen) atoms. The van der Waals surface area contributed by atoms with Crippen LogP contribution in [-0.4, -0.2) is 92.3 Å². The lowest BCUT2D eigenvalue weighted by atomic mass is 10.0. The second-order valence-corrected chi connectivity index (χ2v) is 14.3. The standard InChI is InChI=1S/C30H42N6O8S/c1-29(2,3)44-27(41)33-20-10-8-6-4-5-7-9-17-14-30(17,25(39)40)34-23(37)21-13-18(15-36(21)24(20)38)43-28(42)35-12-11-19-22(16-35)45-26(31)32-19/h7,9,17-18,20-21H,4-6,8,10-16H2,1-3H3,(H2,31,32)(H,33,41)(H,34,37)(H,39,40)/t17-,18-,20+,21+,30-/m1/s1. The van der Waals surface area contributed by atoms with Crippen molar-refractivity contribution in [2.75, 3.05) is 18.8 Å². The number of anilines is 1. The Labute approximate surface area is 265 Å². The second kappa shape index (κ2) is 12.9. The lowest BCUT2D eigenvalue weighted by molar-refractivity contribution is -0.145. The molecule has 1 saturated heterocycles. The molecule has 4 heterocycles. The molecule has 4 amide bonds. The smallest absolute Gasteiger partial charge is 0.410 e. The summed E-state index contributed by atoms with van der Waals surface area (Å²) in [6.07, 6.45) is 5.61. The number of aromatic nitrogens is 1. The number of hydrogen-bond acceptors (Lipinski definition) is 10. The van der Waals surface area contributed by atoms with Crippen molar-refractivity contribution >= 4 is 46.4 Å². The predicted octanol–water partition coefficient (Wildman–Crippen LogP) is 2.56. The number of hydrogen-bond donors (Lipinski definition) is 4. The fourth-order valence-corrected chi connectivity index (χ4v) is 7.08. The van der Waals surface area contributed by atoms with Gasteiger partial charge in [-0.15, -0.1) is 11.3 Å². The van der Waals surface area contributed by atoms with Crippen molar-refractivity contribution in [3.63, 3.8) is 0 Å². The van der Waals surface area contributed by atoms with E-state index < -0.39 is 59.3 Å². The minimum absolute atomic E-state index is 0.0225. The molecule has 5 rings (SSSR count). The Hall–Kier alpha value is -3.88. The summed E-state index contributed by atoms with van der Waals surface area (Å²) in [5.41, 5.74) is 4.44. The first-order valence-corrected chi connectivity index (χ1v) is 16.3. The van der Waals surface area contributed by atoms with Gasteiger partial charge >= 0.3 is 18.2 Å². The van der Waals surface area contributed by atoms with Crippen molar-refractivity contribution in [1.82, 2.24) is 25.4 Å². The number of nitrogens with one attached hydrogen (secondary N) is 2. The molecule has 1 saturated carbocycles. The quantitative estimate of drug-likeness (QED) is 0.355. The zero-order valence-electron chi connectivity index (χ0n) is 25.9. The number of carbonyl (C=O) groups is 5. The molecule has 0 aromatic carbocycles. The summed E-state index contributed by atoms with van der Waals surface area (Å²) in [6, 6.07) is -2.11. The number of amides is 4. The number of carboxylic acid groups (broad SMARTS) is 1. The van der Waals surface area contributed by atoms with Crippen molar-refractivity contribution in [3.8, 4) is 0 Å². The Balaban J connectivity index is 1.36. The third-order valence-corrected chi connectivity index (χ3v) is 9.50. The summed E-state index contributed by atoms with van der Waals surface area (Å²) in [5, 5.41) is 15.9. The first-order chi connectivity index (χ1) is 21.3. The highest BCUT2D eigenvalue weighted by Crippen LogP contribution is 2.45. The van der Waals surface area contributed by atoms with Crippen LogP contribution in [-0.2, 0) is 36.8 Å². The average Bonchev–Trinajstić information content (AvgIpc) is 3.28. The maximum atomic E-state index is 14.1. The van der Waals surface area contributed by atoms with Crippen LogP contribution >= 0.6 is 11.3 Å². The van der Waals surface area contributed by atoms with E-state index in [-0.39, 0.29) is 25.3 Å². The number of rotatable bonds is 3. The van der Waals surface area contributed by atoms with Gasteiger partial charge in [0.25, 0.3) is 0 Å². The maximum Gasteiger partial charge on any atom is 0.410 e. The fourth-order valence-electron chi connectivity index (χ4n) is 6.19. The van der Waals surface area contributed by atoms with Gasteiger partial charge in [0, 0.05) is 30.2 Å². The average molecular weight is 647 g/mol. The Morgan fingerprint density at radius 1 is 1.22 bits per heavy atom. The summed E-state index contributed by atoms with van der Waals surface area (Å²) in [7, 11) is 0. The van der Waals surface area contributed by atoms with Gasteiger partial charge < -0.3 is 40.7 Å². The van der Waals surface area contributed by atoms with Crippen LogP contribution in [0.15, 0.2) is 12.2 Å². The van der Waals surface area contributed by atoms with Crippen molar-refractivity contribution in [2.45, 2.75) is 108 Å². The van der Waals surface area contributed by atoms with E-state index in [1.807, 2.05) is 12.2 Å². The van der Waals surface area contributed by atoms with Crippen LogP contribution in [0.3, 0.4) is 0 Å². The molecule has 1 aromatic rings. The van der Waals surface area contributed by atoms with Crippen molar-refractivity contribution < 1.29 is 38.6 Å². The van der Waals surface area contributed by atoms with Gasteiger partial charge in [0.2, 0.25) is 11.8 Å². The number of carboxylic acids is 1. The molecule has 5 atom stereocenters. The largest absolute Gasteiger partial charge is 0.479 e. The lowest BCUT2D eigenvalue weighted by Crippen LogP contribution is -2.56. The van der Waals surface area contributed by atoms with E-state index in [0.29, 0.717) is 37.5 Å². The minimum atomic E-state index is -1.46. The number of nitrogens with two attached hydrogens (primary N) is 1. The highest BCUT2D eigenvalue weighted by atomic mass is 32.1. The third kappa shape index (κ3) is 7.51. The van der Waals surface area contributed by atoms with Gasteiger partial charge in [-0.1, -0.05) is 25.0 Å². The van der Waals surface area contributed by atoms with Crippen LogP contribution in [0, 0.1) is 5.92 Å². The van der Waals surface area contributed by atoms with Gasteiger partial charge in [0.1, 0.15) is 29.3 Å². The number of fused-ring (bicyclic) bond motifs is 3. The molecule has 1 aliphatic carbocycles. The first kappa shape index (κ1) is 32.5. The maximum absolute atomic E-state index is 14.1. The molecule has 0 spiro atoms. The molecule has 1 aromatic heterocycles. The highest BCUT2D eigenvalue weighted by molar-refractivity contribution is 7.15. The van der Waals surface area contributed by atoms with E-state index in [1.165, 1.54) is 21.1 Å². The van der Waals surface area contributed by atoms with Crippen LogP contribution in [0.1, 0.15) is 76.3 Å². The van der Waals surface area contributed by atoms with Gasteiger partial charge in [-0.2, -0.15) is 0 Å². The van der Waals surface area contributed by atoms with E-state index in [4.69, 9.17) is 15.2 Å². The SMILES string of the molecule is CC(C)(C)OC(=O)N[C@H]1CCCCCC=C[C@@H]2C[C@@]2(C(=O)O)NC(=O)[C@@H]2C[C@@H](OC(=O)N3CCc4nc(N)sc4C3)CN2C1=O. The van der Waals surface area contributed by atoms with E-state index >= 15 is 0 Å².